The molecule has 2 N–H and O–H groups in total. The molecule has 110 valence electrons. The lowest BCUT2D eigenvalue weighted by Crippen LogP contribution is -2.13. The predicted octanol–water partition coefficient (Wildman–Crippen LogP) is 3.76. The van der Waals surface area contributed by atoms with E-state index in [9.17, 15) is 4.79 Å². The standard InChI is InChI=1S/C15H17N3OS2/c1-9-13(10(2)18-17-9)16-14(19)11-3-5-12(6-4-11)15-20-7-8-21-15/h3-6,15H,7-8H2,1-2H3,(H,16,19)(H,17,18). The van der Waals surface area contributed by atoms with Crippen molar-refractivity contribution in [2.45, 2.75) is 18.4 Å². The summed E-state index contributed by atoms with van der Waals surface area (Å²) in [4.78, 5) is 12.3. The number of hydrogen-bond donors (Lipinski definition) is 2. The zero-order valence-corrected chi connectivity index (χ0v) is 13.6. The summed E-state index contributed by atoms with van der Waals surface area (Å²) < 4.78 is 0.514. The van der Waals surface area contributed by atoms with Crippen LogP contribution in [0.15, 0.2) is 24.3 Å². The van der Waals surface area contributed by atoms with Gasteiger partial charge in [0, 0.05) is 17.1 Å². The van der Waals surface area contributed by atoms with Crippen molar-refractivity contribution in [3.63, 3.8) is 0 Å². The minimum Gasteiger partial charge on any atom is -0.319 e. The SMILES string of the molecule is Cc1n[nH]c(C)c1NC(=O)c1ccc(C2SCCS2)cc1. The number of benzene rings is 1. The van der Waals surface area contributed by atoms with E-state index >= 15 is 0 Å². The highest BCUT2D eigenvalue weighted by atomic mass is 32.2. The summed E-state index contributed by atoms with van der Waals surface area (Å²) in [5.74, 6) is 2.31. The Kier molecular flexibility index (Phi) is 4.26. The van der Waals surface area contributed by atoms with E-state index in [0.29, 0.717) is 10.1 Å². The smallest absolute Gasteiger partial charge is 0.255 e. The van der Waals surface area contributed by atoms with Crippen molar-refractivity contribution in [2.75, 3.05) is 16.8 Å². The number of aromatic amines is 1. The average Bonchev–Trinajstić information content (AvgIpc) is 3.13. The van der Waals surface area contributed by atoms with Crippen LogP contribution in [-0.2, 0) is 0 Å². The number of H-pyrrole nitrogens is 1. The second-order valence-electron chi connectivity index (χ2n) is 4.96. The molecule has 1 fully saturated rings. The Morgan fingerprint density at radius 3 is 2.48 bits per heavy atom. The molecular weight excluding hydrogens is 302 g/mol. The molecule has 21 heavy (non-hydrogen) atoms. The first-order valence-electron chi connectivity index (χ1n) is 6.81. The molecule has 3 rings (SSSR count). The third-order valence-corrected chi connectivity index (χ3v) is 6.54. The van der Waals surface area contributed by atoms with Gasteiger partial charge in [0.25, 0.3) is 5.91 Å². The van der Waals surface area contributed by atoms with Crippen LogP contribution in [0.2, 0.25) is 0 Å². The molecule has 2 heterocycles. The molecule has 4 nitrogen and oxygen atoms in total. The fourth-order valence-electron chi connectivity index (χ4n) is 2.26. The number of anilines is 1. The predicted molar refractivity (Wildman–Crippen MR) is 90.1 cm³/mol. The maximum Gasteiger partial charge on any atom is 0.255 e. The highest BCUT2D eigenvalue weighted by Crippen LogP contribution is 2.45. The fourth-order valence-corrected chi connectivity index (χ4v) is 5.12. The lowest BCUT2D eigenvalue weighted by atomic mass is 10.1. The number of carbonyl (C=O) groups excluding carboxylic acids is 1. The van der Waals surface area contributed by atoms with Crippen LogP contribution in [-0.4, -0.2) is 27.6 Å². The van der Waals surface area contributed by atoms with Crippen LogP contribution in [0.4, 0.5) is 5.69 Å². The van der Waals surface area contributed by atoms with E-state index in [0.717, 1.165) is 17.1 Å². The molecule has 1 saturated heterocycles. The Bertz CT molecular complexity index is 626. The molecule has 2 aromatic rings. The quantitative estimate of drug-likeness (QED) is 0.904. The van der Waals surface area contributed by atoms with Crippen LogP contribution in [0, 0.1) is 13.8 Å². The van der Waals surface area contributed by atoms with Gasteiger partial charge >= 0.3 is 0 Å². The van der Waals surface area contributed by atoms with E-state index in [1.54, 1.807) is 0 Å². The molecule has 0 spiro atoms. The van der Waals surface area contributed by atoms with Crippen molar-refractivity contribution < 1.29 is 4.79 Å². The second kappa shape index (κ2) is 6.15. The Morgan fingerprint density at radius 2 is 1.90 bits per heavy atom. The van der Waals surface area contributed by atoms with E-state index in [1.165, 1.54) is 17.1 Å². The summed E-state index contributed by atoms with van der Waals surface area (Å²) >= 11 is 3.93. The Morgan fingerprint density at radius 1 is 1.24 bits per heavy atom. The molecule has 0 unspecified atom stereocenters. The zero-order chi connectivity index (χ0) is 14.8. The average molecular weight is 319 g/mol. The molecule has 0 bridgehead atoms. The molecule has 1 aromatic heterocycles. The fraction of sp³-hybridized carbons (Fsp3) is 0.333. The third-order valence-electron chi connectivity index (χ3n) is 3.43. The van der Waals surface area contributed by atoms with Crippen LogP contribution in [0.3, 0.4) is 0 Å². The van der Waals surface area contributed by atoms with E-state index in [4.69, 9.17) is 0 Å². The zero-order valence-electron chi connectivity index (χ0n) is 12.0. The number of nitrogens with zero attached hydrogens (tertiary/aromatic N) is 1. The van der Waals surface area contributed by atoms with E-state index in [1.807, 2.05) is 49.5 Å². The van der Waals surface area contributed by atoms with Gasteiger partial charge in [-0.2, -0.15) is 5.10 Å². The van der Waals surface area contributed by atoms with Crippen LogP contribution in [0.5, 0.6) is 0 Å². The van der Waals surface area contributed by atoms with Gasteiger partial charge in [0.1, 0.15) is 0 Å². The van der Waals surface area contributed by atoms with Crippen molar-refractivity contribution in [2.24, 2.45) is 0 Å². The number of aryl methyl sites for hydroxylation is 2. The van der Waals surface area contributed by atoms with E-state index < -0.39 is 0 Å². The number of rotatable bonds is 3. The summed E-state index contributed by atoms with van der Waals surface area (Å²) in [5, 5.41) is 9.87. The monoisotopic (exact) mass is 319 g/mol. The first-order chi connectivity index (χ1) is 10.1. The lowest BCUT2D eigenvalue weighted by Gasteiger charge is -2.09. The first-order valence-corrected chi connectivity index (χ1v) is 8.91. The van der Waals surface area contributed by atoms with Crippen molar-refractivity contribution in [3.05, 3.63) is 46.8 Å². The van der Waals surface area contributed by atoms with Crippen molar-refractivity contribution >= 4 is 35.1 Å². The molecule has 1 aliphatic heterocycles. The topological polar surface area (TPSA) is 57.8 Å². The summed E-state index contributed by atoms with van der Waals surface area (Å²) in [6.07, 6.45) is 0. The maximum absolute atomic E-state index is 12.3. The molecule has 0 radical (unpaired) electrons. The summed E-state index contributed by atoms with van der Waals surface area (Å²) in [7, 11) is 0. The highest BCUT2D eigenvalue weighted by molar-refractivity contribution is 8.19. The van der Waals surface area contributed by atoms with E-state index in [-0.39, 0.29) is 5.91 Å². The van der Waals surface area contributed by atoms with Gasteiger partial charge < -0.3 is 5.32 Å². The van der Waals surface area contributed by atoms with Crippen molar-refractivity contribution in [1.29, 1.82) is 0 Å². The minimum atomic E-state index is -0.0964. The van der Waals surface area contributed by atoms with Crippen molar-refractivity contribution in [1.82, 2.24) is 10.2 Å². The van der Waals surface area contributed by atoms with Gasteiger partial charge in [-0.05, 0) is 31.5 Å². The largest absolute Gasteiger partial charge is 0.319 e. The van der Waals surface area contributed by atoms with Gasteiger partial charge in [0.15, 0.2) is 0 Å². The molecule has 1 amide bonds. The second-order valence-corrected chi connectivity index (χ2v) is 7.68. The van der Waals surface area contributed by atoms with Crippen molar-refractivity contribution in [3.8, 4) is 0 Å². The summed E-state index contributed by atoms with van der Waals surface area (Å²) in [6, 6.07) is 7.91. The number of aromatic nitrogens is 2. The van der Waals surface area contributed by atoms with Gasteiger partial charge in [0.05, 0.1) is 21.7 Å². The van der Waals surface area contributed by atoms with Crippen LogP contribution in [0.25, 0.3) is 0 Å². The number of nitrogens with one attached hydrogen (secondary N) is 2. The number of amides is 1. The van der Waals surface area contributed by atoms with Gasteiger partial charge in [-0.3, -0.25) is 9.89 Å². The van der Waals surface area contributed by atoms with E-state index in [2.05, 4.69) is 27.6 Å². The normalized spacial score (nSPS) is 15.3. The van der Waals surface area contributed by atoms with Crippen LogP contribution < -0.4 is 5.32 Å². The van der Waals surface area contributed by atoms with Gasteiger partial charge in [-0.15, -0.1) is 23.5 Å². The lowest BCUT2D eigenvalue weighted by molar-refractivity contribution is 0.102. The molecule has 1 aromatic carbocycles. The molecule has 0 saturated carbocycles. The third kappa shape index (κ3) is 3.11. The Balaban J connectivity index is 1.73. The minimum absolute atomic E-state index is 0.0964. The highest BCUT2D eigenvalue weighted by Gasteiger charge is 2.18. The number of hydrogen-bond acceptors (Lipinski definition) is 4. The molecule has 0 atom stereocenters. The summed E-state index contributed by atoms with van der Waals surface area (Å²) in [6.45, 7) is 3.77. The summed E-state index contributed by atoms with van der Waals surface area (Å²) in [5.41, 5.74) is 4.40. The van der Waals surface area contributed by atoms with Gasteiger partial charge in [-0.25, -0.2) is 0 Å². The Hall–Kier alpha value is -1.40. The number of thioether (sulfide) groups is 2. The first kappa shape index (κ1) is 14.5. The molecule has 6 heteroatoms. The number of carbonyl (C=O) groups is 1. The molecule has 0 aliphatic carbocycles. The van der Waals surface area contributed by atoms with Crippen LogP contribution >= 0.6 is 23.5 Å². The molecular formula is C15H17N3OS2. The molecule has 1 aliphatic rings. The van der Waals surface area contributed by atoms with Gasteiger partial charge in [0.2, 0.25) is 0 Å². The van der Waals surface area contributed by atoms with Crippen LogP contribution in [0.1, 0.15) is 31.9 Å². The Labute approximate surface area is 132 Å². The maximum atomic E-state index is 12.3. The van der Waals surface area contributed by atoms with Gasteiger partial charge in [-0.1, -0.05) is 12.1 Å².